The van der Waals surface area contributed by atoms with E-state index in [9.17, 15) is 4.79 Å². The Morgan fingerprint density at radius 2 is 2.37 bits per heavy atom. The minimum Gasteiger partial charge on any atom is -0.491 e. The maximum absolute atomic E-state index is 11.4. The van der Waals surface area contributed by atoms with Crippen LogP contribution in [-0.4, -0.2) is 37.2 Å². The fourth-order valence-corrected chi connectivity index (χ4v) is 2.38. The van der Waals surface area contributed by atoms with Crippen molar-refractivity contribution in [3.63, 3.8) is 0 Å². The van der Waals surface area contributed by atoms with E-state index < -0.39 is 0 Å². The average Bonchev–Trinajstić information content (AvgIpc) is 2.77. The third-order valence-corrected chi connectivity index (χ3v) is 3.52. The standard InChI is InChI=1S/C13H18BrN3O2/c1-9(15)11-8-10(14)2-3-12(11)19-7-6-17-5-4-16-13(17)18/h2-3,8-9H,4-7,15H2,1H3,(H,16,18)/t9-/m0/s1. The third-order valence-electron chi connectivity index (χ3n) is 3.03. The van der Waals surface area contributed by atoms with Crippen LogP contribution < -0.4 is 15.8 Å². The molecule has 1 fully saturated rings. The fraction of sp³-hybridized carbons (Fsp3) is 0.462. The van der Waals surface area contributed by atoms with Crippen LogP contribution >= 0.6 is 15.9 Å². The number of hydrogen-bond donors (Lipinski definition) is 2. The lowest BCUT2D eigenvalue weighted by molar-refractivity contribution is 0.202. The van der Waals surface area contributed by atoms with Crippen molar-refractivity contribution < 1.29 is 9.53 Å². The number of carbonyl (C=O) groups is 1. The van der Waals surface area contributed by atoms with Gasteiger partial charge in [0, 0.05) is 29.2 Å². The van der Waals surface area contributed by atoms with Crippen molar-refractivity contribution in [1.82, 2.24) is 10.2 Å². The molecule has 1 aliphatic heterocycles. The van der Waals surface area contributed by atoms with Gasteiger partial charge in [-0.2, -0.15) is 0 Å². The van der Waals surface area contributed by atoms with Gasteiger partial charge in [0.2, 0.25) is 0 Å². The Labute approximate surface area is 121 Å². The molecule has 1 saturated heterocycles. The lowest BCUT2D eigenvalue weighted by atomic mass is 10.1. The van der Waals surface area contributed by atoms with Gasteiger partial charge in [0.05, 0.1) is 6.54 Å². The van der Waals surface area contributed by atoms with Crippen molar-refractivity contribution in [3.8, 4) is 5.75 Å². The van der Waals surface area contributed by atoms with Gasteiger partial charge in [0.25, 0.3) is 0 Å². The lowest BCUT2D eigenvalue weighted by Gasteiger charge is -2.17. The first kappa shape index (κ1) is 14.1. The van der Waals surface area contributed by atoms with Gasteiger partial charge in [-0.1, -0.05) is 15.9 Å². The summed E-state index contributed by atoms with van der Waals surface area (Å²) in [4.78, 5) is 13.1. The number of carbonyl (C=O) groups excluding carboxylic acids is 1. The molecule has 2 rings (SSSR count). The summed E-state index contributed by atoms with van der Waals surface area (Å²) in [5.41, 5.74) is 6.88. The first-order valence-corrected chi connectivity index (χ1v) is 7.08. The first-order chi connectivity index (χ1) is 9.08. The zero-order chi connectivity index (χ0) is 13.8. The molecule has 1 heterocycles. The third kappa shape index (κ3) is 3.61. The summed E-state index contributed by atoms with van der Waals surface area (Å²) in [6.45, 7) is 4.42. The second-order valence-electron chi connectivity index (χ2n) is 4.54. The van der Waals surface area contributed by atoms with Crippen molar-refractivity contribution in [2.24, 2.45) is 5.73 Å². The minimum atomic E-state index is -0.0948. The molecule has 0 spiro atoms. The van der Waals surface area contributed by atoms with E-state index in [-0.39, 0.29) is 12.1 Å². The van der Waals surface area contributed by atoms with Crippen LogP contribution in [0.3, 0.4) is 0 Å². The summed E-state index contributed by atoms with van der Waals surface area (Å²) in [5.74, 6) is 0.776. The predicted octanol–water partition coefficient (Wildman–Crippen LogP) is 1.87. The van der Waals surface area contributed by atoms with Crippen molar-refractivity contribution in [2.45, 2.75) is 13.0 Å². The van der Waals surface area contributed by atoms with Gasteiger partial charge >= 0.3 is 6.03 Å². The highest BCUT2D eigenvalue weighted by atomic mass is 79.9. The molecule has 3 N–H and O–H groups in total. The second kappa shape index (κ2) is 6.25. The van der Waals surface area contributed by atoms with Crippen LogP contribution in [0.5, 0.6) is 5.75 Å². The molecule has 0 radical (unpaired) electrons. The number of nitrogens with two attached hydrogens (primary N) is 1. The Hall–Kier alpha value is -1.27. The summed E-state index contributed by atoms with van der Waals surface area (Å²) in [6, 6.07) is 5.66. The van der Waals surface area contributed by atoms with Crippen molar-refractivity contribution >= 4 is 22.0 Å². The van der Waals surface area contributed by atoms with Crippen LogP contribution in [0, 0.1) is 0 Å². The normalized spacial score (nSPS) is 16.4. The summed E-state index contributed by atoms with van der Waals surface area (Å²) < 4.78 is 6.72. The lowest BCUT2D eigenvalue weighted by Crippen LogP contribution is -2.32. The number of amides is 2. The van der Waals surface area contributed by atoms with Gasteiger partial charge in [-0.3, -0.25) is 0 Å². The van der Waals surface area contributed by atoms with E-state index in [1.807, 2.05) is 25.1 Å². The summed E-state index contributed by atoms with van der Waals surface area (Å²) in [6.07, 6.45) is 0. The maximum atomic E-state index is 11.4. The van der Waals surface area contributed by atoms with Gasteiger partial charge in [0.1, 0.15) is 12.4 Å². The number of nitrogens with one attached hydrogen (secondary N) is 1. The molecule has 1 atom stereocenters. The quantitative estimate of drug-likeness (QED) is 0.867. The smallest absolute Gasteiger partial charge is 0.317 e. The number of hydrogen-bond acceptors (Lipinski definition) is 3. The van der Waals surface area contributed by atoms with Crippen LogP contribution in [-0.2, 0) is 0 Å². The summed E-state index contributed by atoms with van der Waals surface area (Å²) in [5, 5.41) is 2.76. The van der Waals surface area contributed by atoms with Crippen LogP contribution in [0.4, 0.5) is 4.79 Å². The summed E-state index contributed by atoms with van der Waals surface area (Å²) in [7, 11) is 0. The molecule has 2 amide bonds. The second-order valence-corrected chi connectivity index (χ2v) is 5.45. The molecule has 6 heteroatoms. The number of benzene rings is 1. The molecule has 1 aromatic rings. The maximum Gasteiger partial charge on any atom is 0.317 e. The van der Waals surface area contributed by atoms with E-state index in [0.717, 1.165) is 22.3 Å². The number of urea groups is 1. The van der Waals surface area contributed by atoms with Crippen LogP contribution in [0.1, 0.15) is 18.5 Å². The van der Waals surface area contributed by atoms with Crippen molar-refractivity contribution in [2.75, 3.05) is 26.2 Å². The summed E-state index contributed by atoms with van der Waals surface area (Å²) >= 11 is 3.42. The Bertz CT molecular complexity index is 465. The van der Waals surface area contributed by atoms with Crippen LogP contribution in [0.25, 0.3) is 0 Å². The van der Waals surface area contributed by atoms with E-state index in [0.29, 0.717) is 19.7 Å². The number of rotatable bonds is 5. The van der Waals surface area contributed by atoms with E-state index in [1.54, 1.807) is 4.90 Å². The molecule has 0 aromatic heterocycles. The van der Waals surface area contributed by atoms with Crippen molar-refractivity contribution in [1.29, 1.82) is 0 Å². The van der Waals surface area contributed by atoms with E-state index in [2.05, 4.69) is 21.2 Å². The number of halogens is 1. The largest absolute Gasteiger partial charge is 0.491 e. The molecule has 0 aliphatic carbocycles. The molecule has 0 unspecified atom stereocenters. The SMILES string of the molecule is C[C@H](N)c1cc(Br)ccc1OCCN1CCNC1=O. The molecule has 5 nitrogen and oxygen atoms in total. The monoisotopic (exact) mass is 327 g/mol. The highest BCUT2D eigenvalue weighted by Gasteiger charge is 2.19. The molecule has 1 aromatic carbocycles. The van der Waals surface area contributed by atoms with Gasteiger partial charge < -0.3 is 20.7 Å². The van der Waals surface area contributed by atoms with Gasteiger partial charge in [0.15, 0.2) is 0 Å². The molecule has 1 aliphatic rings. The highest BCUT2D eigenvalue weighted by molar-refractivity contribution is 9.10. The Kier molecular flexibility index (Phi) is 4.66. The highest BCUT2D eigenvalue weighted by Crippen LogP contribution is 2.27. The predicted molar refractivity (Wildman–Crippen MR) is 77.2 cm³/mol. The van der Waals surface area contributed by atoms with Crippen LogP contribution in [0.2, 0.25) is 0 Å². The average molecular weight is 328 g/mol. The minimum absolute atomic E-state index is 0.0215. The van der Waals surface area contributed by atoms with Crippen LogP contribution in [0.15, 0.2) is 22.7 Å². The molecular weight excluding hydrogens is 310 g/mol. The first-order valence-electron chi connectivity index (χ1n) is 6.28. The Morgan fingerprint density at radius 3 is 3.00 bits per heavy atom. The number of ether oxygens (including phenoxy) is 1. The Balaban J connectivity index is 1.93. The van der Waals surface area contributed by atoms with Crippen molar-refractivity contribution in [3.05, 3.63) is 28.2 Å². The molecule has 19 heavy (non-hydrogen) atoms. The van der Waals surface area contributed by atoms with E-state index in [4.69, 9.17) is 10.5 Å². The molecule has 0 saturated carbocycles. The topological polar surface area (TPSA) is 67.6 Å². The van der Waals surface area contributed by atoms with Gasteiger partial charge in [-0.05, 0) is 25.1 Å². The van der Waals surface area contributed by atoms with Gasteiger partial charge in [-0.25, -0.2) is 4.79 Å². The Morgan fingerprint density at radius 1 is 1.58 bits per heavy atom. The molecule has 0 bridgehead atoms. The van der Waals surface area contributed by atoms with Gasteiger partial charge in [-0.15, -0.1) is 0 Å². The van der Waals surface area contributed by atoms with E-state index >= 15 is 0 Å². The number of nitrogens with zero attached hydrogens (tertiary/aromatic N) is 1. The molecule has 104 valence electrons. The zero-order valence-electron chi connectivity index (χ0n) is 10.9. The molecular formula is C13H18BrN3O2. The fourth-order valence-electron chi connectivity index (χ4n) is 2.00. The zero-order valence-corrected chi connectivity index (χ0v) is 12.4. The van der Waals surface area contributed by atoms with E-state index in [1.165, 1.54) is 0 Å².